The van der Waals surface area contributed by atoms with Crippen molar-refractivity contribution in [2.24, 2.45) is 0 Å². The van der Waals surface area contributed by atoms with Gasteiger partial charge in [-0.2, -0.15) is 0 Å². The normalized spacial score (nSPS) is 10.3. The molecule has 0 aliphatic rings. The molecule has 0 aliphatic carbocycles. The highest BCUT2D eigenvalue weighted by Crippen LogP contribution is 2.25. The van der Waals surface area contributed by atoms with Crippen LogP contribution in [0.1, 0.15) is 20.7 Å². The number of nitro groups is 1. The van der Waals surface area contributed by atoms with Crippen LogP contribution in [0.25, 0.3) is 10.9 Å². The standard InChI is InChI=1S/C18H13N3O5/c1-26-18(23)12-7-8-13(15(10-12)21(24)25)17(22)20-14-6-2-4-11-5-3-9-19-16(11)14/h2-10H,1H3,(H,20,22). The zero-order valence-corrected chi connectivity index (χ0v) is 13.6. The molecule has 1 amide bonds. The van der Waals surface area contributed by atoms with E-state index in [1.54, 1.807) is 24.4 Å². The Morgan fingerprint density at radius 3 is 2.65 bits per heavy atom. The van der Waals surface area contributed by atoms with Gasteiger partial charge >= 0.3 is 5.97 Å². The number of anilines is 1. The number of nitrogens with zero attached hydrogens (tertiary/aromatic N) is 2. The number of aromatic nitrogens is 1. The molecule has 0 saturated heterocycles. The van der Waals surface area contributed by atoms with Gasteiger partial charge in [-0.05, 0) is 24.3 Å². The number of esters is 1. The van der Waals surface area contributed by atoms with Crippen molar-refractivity contribution >= 4 is 34.2 Å². The summed E-state index contributed by atoms with van der Waals surface area (Å²) in [7, 11) is 1.17. The second-order valence-electron chi connectivity index (χ2n) is 5.32. The van der Waals surface area contributed by atoms with Gasteiger partial charge in [0.25, 0.3) is 11.6 Å². The number of benzene rings is 2. The fourth-order valence-electron chi connectivity index (χ4n) is 2.51. The van der Waals surface area contributed by atoms with Crippen molar-refractivity contribution < 1.29 is 19.2 Å². The number of nitro benzene ring substituents is 1. The molecule has 0 radical (unpaired) electrons. The number of carbonyl (C=O) groups is 2. The lowest BCUT2D eigenvalue weighted by molar-refractivity contribution is -0.385. The lowest BCUT2D eigenvalue weighted by Crippen LogP contribution is -2.15. The van der Waals surface area contributed by atoms with E-state index in [4.69, 9.17) is 0 Å². The maximum Gasteiger partial charge on any atom is 0.338 e. The van der Waals surface area contributed by atoms with Crippen LogP contribution in [0, 0.1) is 10.1 Å². The van der Waals surface area contributed by atoms with Crippen molar-refractivity contribution in [1.82, 2.24) is 4.98 Å². The van der Waals surface area contributed by atoms with E-state index in [1.807, 2.05) is 12.1 Å². The zero-order valence-electron chi connectivity index (χ0n) is 13.6. The smallest absolute Gasteiger partial charge is 0.338 e. The predicted molar refractivity (Wildman–Crippen MR) is 94.1 cm³/mol. The molecule has 1 heterocycles. The molecule has 0 saturated carbocycles. The van der Waals surface area contributed by atoms with Crippen molar-refractivity contribution in [2.45, 2.75) is 0 Å². The van der Waals surface area contributed by atoms with Crippen LogP contribution in [0.2, 0.25) is 0 Å². The molecule has 1 N–H and O–H groups in total. The molecule has 0 spiro atoms. The number of hydrogen-bond acceptors (Lipinski definition) is 6. The average Bonchev–Trinajstić information content (AvgIpc) is 2.67. The lowest BCUT2D eigenvalue weighted by atomic mass is 10.1. The monoisotopic (exact) mass is 351 g/mol. The number of hydrogen-bond donors (Lipinski definition) is 1. The lowest BCUT2D eigenvalue weighted by Gasteiger charge is -2.09. The van der Waals surface area contributed by atoms with Gasteiger partial charge in [-0.15, -0.1) is 0 Å². The quantitative estimate of drug-likeness (QED) is 0.439. The van der Waals surface area contributed by atoms with E-state index >= 15 is 0 Å². The number of methoxy groups -OCH3 is 1. The van der Waals surface area contributed by atoms with E-state index in [-0.39, 0.29) is 11.1 Å². The number of para-hydroxylation sites is 1. The fourth-order valence-corrected chi connectivity index (χ4v) is 2.51. The molecule has 3 rings (SSSR count). The Morgan fingerprint density at radius 1 is 1.15 bits per heavy atom. The minimum atomic E-state index is -0.724. The van der Waals surface area contributed by atoms with E-state index in [2.05, 4.69) is 15.0 Å². The molecule has 2 aromatic carbocycles. The van der Waals surface area contributed by atoms with Crippen molar-refractivity contribution in [1.29, 1.82) is 0 Å². The van der Waals surface area contributed by atoms with Gasteiger partial charge in [0.15, 0.2) is 0 Å². The molecule has 8 heteroatoms. The number of ether oxygens (including phenoxy) is 1. The summed E-state index contributed by atoms with van der Waals surface area (Å²) in [6, 6.07) is 12.4. The molecule has 0 atom stereocenters. The molecule has 0 fully saturated rings. The topological polar surface area (TPSA) is 111 Å². The predicted octanol–water partition coefficient (Wildman–Crippen LogP) is 3.18. The maximum atomic E-state index is 12.6. The summed E-state index contributed by atoms with van der Waals surface area (Å²) in [5.74, 6) is -1.40. The van der Waals surface area contributed by atoms with Crippen molar-refractivity contribution in [3.63, 3.8) is 0 Å². The van der Waals surface area contributed by atoms with E-state index in [9.17, 15) is 19.7 Å². The van der Waals surface area contributed by atoms with Crippen LogP contribution < -0.4 is 5.32 Å². The highest BCUT2D eigenvalue weighted by Gasteiger charge is 2.23. The van der Waals surface area contributed by atoms with Crippen LogP contribution in [-0.2, 0) is 4.74 Å². The minimum Gasteiger partial charge on any atom is -0.465 e. The van der Waals surface area contributed by atoms with Gasteiger partial charge in [0, 0.05) is 17.6 Å². The molecule has 1 aromatic heterocycles. The van der Waals surface area contributed by atoms with Gasteiger partial charge < -0.3 is 10.1 Å². The van der Waals surface area contributed by atoms with Crippen molar-refractivity contribution in [2.75, 3.05) is 12.4 Å². The van der Waals surface area contributed by atoms with Gasteiger partial charge in [-0.25, -0.2) is 4.79 Å². The van der Waals surface area contributed by atoms with Gasteiger partial charge in [-0.1, -0.05) is 18.2 Å². The molecule has 0 unspecified atom stereocenters. The number of pyridine rings is 1. The van der Waals surface area contributed by atoms with Crippen LogP contribution in [-0.4, -0.2) is 28.9 Å². The Morgan fingerprint density at radius 2 is 1.92 bits per heavy atom. The Balaban J connectivity index is 1.99. The SMILES string of the molecule is COC(=O)c1ccc(C(=O)Nc2cccc3cccnc23)c([N+](=O)[O-])c1. The highest BCUT2D eigenvalue weighted by atomic mass is 16.6. The van der Waals surface area contributed by atoms with E-state index in [1.165, 1.54) is 19.2 Å². The number of amides is 1. The first-order valence-electron chi connectivity index (χ1n) is 7.53. The molecule has 3 aromatic rings. The third-order valence-electron chi connectivity index (χ3n) is 3.74. The molecule has 26 heavy (non-hydrogen) atoms. The first-order valence-corrected chi connectivity index (χ1v) is 7.53. The molecular weight excluding hydrogens is 338 g/mol. The third kappa shape index (κ3) is 3.20. The van der Waals surface area contributed by atoms with Crippen LogP contribution in [0.5, 0.6) is 0 Å². The fraction of sp³-hybridized carbons (Fsp3) is 0.0556. The summed E-state index contributed by atoms with van der Waals surface area (Å²) < 4.78 is 4.54. The van der Waals surface area contributed by atoms with Crippen molar-refractivity contribution in [3.05, 3.63) is 76.0 Å². The molecule has 0 bridgehead atoms. The Bertz CT molecular complexity index is 1030. The largest absolute Gasteiger partial charge is 0.465 e. The van der Waals surface area contributed by atoms with Gasteiger partial charge in [0.2, 0.25) is 0 Å². The number of carbonyl (C=O) groups excluding carboxylic acids is 2. The van der Waals surface area contributed by atoms with Gasteiger partial charge in [0.05, 0.1) is 28.8 Å². The van der Waals surface area contributed by atoms with Crippen LogP contribution in [0.4, 0.5) is 11.4 Å². The van der Waals surface area contributed by atoms with E-state index < -0.39 is 22.5 Å². The van der Waals surface area contributed by atoms with Gasteiger partial charge in [-0.3, -0.25) is 19.9 Å². The van der Waals surface area contributed by atoms with E-state index in [0.29, 0.717) is 11.2 Å². The van der Waals surface area contributed by atoms with Gasteiger partial charge in [0.1, 0.15) is 5.56 Å². The van der Waals surface area contributed by atoms with E-state index in [0.717, 1.165) is 11.5 Å². The third-order valence-corrected chi connectivity index (χ3v) is 3.74. The van der Waals surface area contributed by atoms with Crippen LogP contribution in [0.15, 0.2) is 54.7 Å². The Kier molecular flexibility index (Phi) is 4.57. The Hall–Kier alpha value is -3.81. The van der Waals surface area contributed by atoms with Crippen molar-refractivity contribution in [3.8, 4) is 0 Å². The summed E-state index contributed by atoms with van der Waals surface area (Å²) in [6.45, 7) is 0. The zero-order chi connectivity index (χ0) is 18.7. The molecule has 0 aliphatic heterocycles. The summed E-state index contributed by atoms with van der Waals surface area (Å²) in [5, 5.41) is 14.8. The number of rotatable bonds is 4. The summed E-state index contributed by atoms with van der Waals surface area (Å²) >= 11 is 0. The summed E-state index contributed by atoms with van der Waals surface area (Å²) in [5.41, 5.74) is 0.327. The summed E-state index contributed by atoms with van der Waals surface area (Å²) in [4.78, 5) is 38.9. The second-order valence-corrected chi connectivity index (χ2v) is 5.32. The number of nitrogens with one attached hydrogen (secondary N) is 1. The van der Waals surface area contributed by atoms with Crippen LogP contribution in [0.3, 0.4) is 0 Å². The minimum absolute atomic E-state index is 0.0115. The molecular formula is C18H13N3O5. The average molecular weight is 351 g/mol. The highest BCUT2D eigenvalue weighted by molar-refractivity contribution is 6.10. The summed E-state index contributed by atoms with van der Waals surface area (Å²) in [6.07, 6.45) is 1.59. The Labute approximate surface area is 147 Å². The second kappa shape index (κ2) is 6.98. The molecule has 130 valence electrons. The van der Waals surface area contributed by atoms with Crippen LogP contribution >= 0.6 is 0 Å². The maximum absolute atomic E-state index is 12.6. The molecule has 8 nitrogen and oxygen atoms in total. The number of fused-ring (bicyclic) bond motifs is 1. The first-order chi connectivity index (χ1) is 12.5. The first kappa shape index (κ1) is 17.0.